The van der Waals surface area contributed by atoms with Crippen LogP contribution in [0.25, 0.3) is 11.6 Å². The third-order valence-corrected chi connectivity index (χ3v) is 8.51. The minimum Gasteiger partial charge on any atom is -0.0995 e. The maximum absolute atomic E-state index is 4.73. The first-order valence-corrected chi connectivity index (χ1v) is 13.9. The minimum atomic E-state index is 0.354. The van der Waals surface area contributed by atoms with E-state index in [0.29, 0.717) is 23.7 Å². The van der Waals surface area contributed by atoms with Crippen molar-refractivity contribution in [2.24, 2.45) is 17.8 Å². The summed E-state index contributed by atoms with van der Waals surface area (Å²) in [7, 11) is 0. The van der Waals surface area contributed by atoms with Crippen molar-refractivity contribution in [3.05, 3.63) is 118 Å². The van der Waals surface area contributed by atoms with Crippen LogP contribution in [-0.2, 0) is 12.8 Å². The number of allylic oxidation sites excluding steroid dienone is 6. The standard InChI is InChI=1S/C36H44/c1-9-13-24(6)34-25(7)18-33-22-32(20-27-14-12-15-30(19-27)23(4)5)26(8)35(33)36(34)31-17-16-28(10-2)29(11-3)21-31/h12,14-21,25,34-36H,4,6,8-11,13,22H2,1-3,5,7H3/b32-20+. The fourth-order valence-corrected chi connectivity index (χ4v) is 6.73. The van der Waals surface area contributed by atoms with Gasteiger partial charge in [0.25, 0.3) is 0 Å². The Bertz CT molecular complexity index is 1230. The summed E-state index contributed by atoms with van der Waals surface area (Å²) in [5, 5.41) is 0. The van der Waals surface area contributed by atoms with Crippen molar-refractivity contribution in [2.45, 2.75) is 72.6 Å². The van der Waals surface area contributed by atoms with E-state index in [0.717, 1.165) is 37.7 Å². The number of aryl methyl sites for hydroxylation is 2. The van der Waals surface area contributed by atoms with Gasteiger partial charge in [0.05, 0.1) is 0 Å². The topological polar surface area (TPSA) is 0 Å². The lowest BCUT2D eigenvalue weighted by Crippen LogP contribution is -2.31. The molecule has 0 aliphatic heterocycles. The fraction of sp³-hybridized carbons (Fsp3) is 0.389. The molecule has 0 nitrogen and oxygen atoms in total. The molecule has 2 aromatic carbocycles. The highest BCUT2D eigenvalue weighted by Gasteiger charge is 2.45. The van der Waals surface area contributed by atoms with Gasteiger partial charge in [-0.3, -0.25) is 0 Å². The molecule has 0 heterocycles. The van der Waals surface area contributed by atoms with Crippen LogP contribution in [-0.4, -0.2) is 0 Å². The molecule has 0 saturated heterocycles. The van der Waals surface area contributed by atoms with Gasteiger partial charge in [-0.05, 0) is 89.5 Å². The van der Waals surface area contributed by atoms with Gasteiger partial charge in [0, 0.05) is 11.8 Å². The molecule has 36 heavy (non-hydrogen) atoms. The van der Waals surface area contributed by atoms with Crippen molar-refractivity contribution in [2.75, 3.05) is 0 Å². The van der Waals surface area contributed by atoms with Crippen LogP contribution >= 0.6 is 0 Å². The van der Waals surface area contributed by atoms with Crippen molar-refractivity contribution in [3.63, 3.8) is 0 Å². The quantitative estimate of drug-likeness (QED) is 0.332. The van der Waals surface area contributed by atoms with E-state index >= 15 is 0 Å². The molecule has 0 aromatic heterocycles. The van der Waals surface area contributed by atoms with Crippen LogP contribution in [0.5, 0.6) is 0 Å². The number of hydrogen-bond acceptors (Lipinski definition) is 0. The Kier molecular flexibility index (Phi) is 8.04. The number of fused-ring (bicyclic) bond motifs is 1. The smallest absolute Gasteiger partial charge is 0.0123 e. The second-order valence-corrected chi connectivity index (χ2v) is 11.1. The van der Waals surface area contributed by atoms with Crippen LogP contribution in [0, 0.1) is 17.8 Å². The monoisotopic (exact) mass is 476 g/mol. The number of hydrogen-bond donors (Lipinski definition) is 0. The molecular weight excluding hydrogens is 432 g/mol. The van der Waals surface area contributed by atoms with Crippen molar-refractivity contribution >= 4 is 11.6 Å². The highest BCUT2D eigenvalue weighted by atomic mass is 14.5. The lowest BCUT2D eigenvalue weighted by Gasteiger charge is -2.42. The van der Waals surface area contributed by atoms with E-state index in [1.807, 2.05) is 0 Å². The predicted octanol–water partition coefficient (Wildman–Crippen LogP) is 10.1. The Labute approximate surface area is 220 Å². The fourth-order valence-electron chi connectivity index (χ4n) is 6.73. The average molecular weight is 477 g/mol. The van der Waals surface area contributed by atoms with Crippen LogP contribution in [0.15, 0.2) is 90.6 Å². The van der Waals surface area contributed by atoms with Crippen molar-refractivity contribution in [1.82, 2.24) is 0 Å². The van der Waals surface area contributed by atoms with E-state index < -0.39 is 0 Å². The maximum Gasteiger partial charge on any atom is 0.0123 e. The zero-order valence-electron chi connectivity index (χ0n) is 23.2. The van der Waals surface area contributed by atoms with Gasteiger partial charge >= 0.3 is 0 Å². The van der Waals surface area contributed by atoms with Crippen LogP contribution in [0.2, 0.25) is 0 Å². The highest BCUT2D eigenvalue weighted by molar-refractivity contribution is 5.69. The zero-order valence-corrected chi connectivity index (χ0v) is 23.2. The molecule has 1 fully saturated rings. The van der Waals surface area contributed by atoms with Crippen LogP contribution < -0.4 is 0 Å². The lowest BCUT2D eigenvalue weighted by molar-refractivity contribution is 0.322. The van der Waals surface area contributed by atoms with Gasteiger partial charge in [-0.25, -0.2) is 0 Å². The first kappa shape index (κ1) is 26.2. The van der Waals surface area contributed by atoms with Gasteiger partial charge in [0.1, 0.15) is 0 Å². The summed E-state index contributed by atoms with van der Waals surface area (Å²) in [5.74, 6) is 1.68. The first-order valence-electron chi connectivity index (χ1n) is 13.9. The molecule has 0 heteroatoms. The minimum absolute atomic E-state index is 0.354. The van der Waals surface area contributed by atoms with Crippen molar-refractivity contribution in [3.8, 4) is 0 Å². The highest BCUT2D eigenvalue weighted by Crippen LogP contribution is 2.57. The molecule has 0 radical (unpaired) electrons. The Morgan fingerprint density at radius 1 is 1.00 bits per heavy atom. The van der Waals surface area contributed by atoms with Crippen molar-refractivity contribution in [1.29, 1.82) is 0 Å². The molecule has 0 spiro atoms. The van der Waals surface area contributed by atoms with Gasteiger partial charge < -0.3 is 0 Å². The Balaban J connectivity index is 1.80. The Morgan fingerprint density at radius 2 is 1.75 bits per heavy atom. The summed E-state index contributed by atoms with van der Waals surface area (Å²) < 4.78 is 0. The van der Waals surface area contributed by atoms with Gasteiger partial charge in [-0.2, -0.15) is 0 Å². The normalized spacial score (nSPS) is 24.5. The first-order chi connectivity index (χ1) is 17.3. The molecule has 0 amide bonds. The van der Waals surface area contributed by atoms with Crippen LogP contribution in [0.3, 0.4) is 0 Å². The summed E-state index contributed by atoms with van der Waals surface area (Å²) in [6, 6.07) is 16.0. The lowest BCUT2D eigenvalue weighted by atomic mass is 9.62. The molecule has 2 aliphatic rings. The summed E-state index contributed by atoms with van der Waals surface area (Å²) in [6.07, 6.45) is 10.3. The molecule has 2 aromatic rings. The summed E-state index contributed by atoms with van der Waals surface area (Å²) in [6.45, 7) is 24.8. The largest absolute Gasteiger partial charge is 0.0995 e. The molecule has 0 N–H and O–H groups in total. The number of rotatable bonds is 8. The predicted molar refractivity (Wildman–Crippen MR) is 159 cm³/mol. The summed E-state index contributed by atoms with van der Waals surface area (Å²) >= 11 is 0. The van der Waals surface area contributed by atoms with Crippen LogP contribution in [0.4, 0.5) is 0 Å². The third kappa shape index (κ3) is 5.01. The van der Waals surface area contributed by atoms with E-state index in [1.165, 1.54) is 44.5 Å². The molecule has 4 atom stereocenters. The molecule has 188 valence electrons. The van der Waals surface area contributed by atoms with Gasteiger partial charge in [0.15, 0.2) is 0 Å². The molecular formula is C36H44. The summed E-state index contributed by atoms with van der Waals surface area (Å²) in [5.41, 5.74) is 13.6. The molecule has 4 unspecified atom stereocenters. The van der Waals surface area contributed by atoms with E-state index in [2.05, 4.69) is 102 Å². The molecule has 4 rings (SSSR count). The maximum atomic E-state index is 4.73. The van der Waals surface area contributed by atoms with Crippen molar-refractivity contribution < 1.29 is 0 Å². The average Bonchev–Trinajstić information content (AvgIpc) is 3.17. The third-order valence-electron chi connectivity index (χ3n) is 8.51. The second-order valence-electron chi connectivity index (χ2n) is 11.1. The van der Waals surface area contributed by atoms with Gasteiger partial charge in [0.2, 0.25) is 0 Å². The Hall–Kier alpha value is -2.86. The molecule has 0 bridgehead atoms. The van der Waals surface area contributed by atoms with E-state index in [-0.39, 0.29) is 0 Å². The summed E-state index contributed by atoms with van der Waals surface area (Å²) in [4.78, 5) is 0. The van der Waals surface area contributed by atoms with E-state index in [4.69, 9.17) is 6.58 Å². The second kappa shape index (κ2) is 11.0. The van der Waals surface area contributed by atoms with E-state index in [9.17, 15) is 0 Å². The molecule has 1 saturated carbocycles. The van der Waals surface area contributed by atoms with E-state index in [1.54, 1.807) is 5.57 Å². The van der Waals surface area contributed by atoms with Gasteiger partial charge in [-0.1, -0.05) is 119 Å². The molecule has 2 aliphatic carbocycles. The zero-order chi connectivity index (χ0) is 26.0. The Morgan fingerprint density at radius 3 is 2.42 bits per heavy atom. The number of benzene rings is 2. The van der Waals surface area contributed by atoms with Gasteiger partial charge in [-0.15, -0.1) is 0 Å². The van der Waals surface area contributed by atoms with Crippen LogP contribution in [0.1, 0.15) is 87.6 Å². The SMILES string of the molecule is C=C(C)c1cccc(/C=C2\CC3=CC(C)C(C(=C)CCC)C(c4ccc(CC)c(CC)c4)C3C2=C)c1.